The van der Waals surface area contributed by atoms with Gasteiger partial charge in [0.15, 0.2) is 0 Å². The highest BCUT2D eigenvalue weighted by Gasteiger charge is 2.38. The molecule has 0 radical (unpaired) electrons. The van der Waals surface area contributed by atoms with E-state index in [1.54, 1.807) is 6.92 Å². The molecule has 2 aromatic rings. The largest absolute Gasteiger partial charge is 0.481 e. The molecule has 144 valence electrons. The molecular weight excluding hydrogens is 355 g/mol. The summed E-state index contributed by atoms with van der Waals surface area (Å²) in [5.74, 6) is -1.38. The molecule has 1 unspecified atom stereocenters. The number of halogens is 3. The van der Waals surface area contributed by atoms with Crippen LogP contribution in [-0.4, -0.2) is 22.5 Å². The Morgan fingerprint density at radius 1 is 1.15 bits per heavy atom. The first kappa shape index (κ1) is 19.4. The molecule has 3 atom stereocenters. The molecule has 2 aromatic carbocycles. The molecule has 0 spiro atoms. The quantitative estimate of drug-likeness (QED) is 0.798. The molecule has 1 aliphatic heterocycles. The molecule has 1 aliphatic rings. The van der Waals surface area contributed by atoms with Crippen LogP contribution in [0, 0.1) is 11.8 Å². The van der Waals surface area contributed by atoms with E-state index in [1.807, 2.05) is 30.3 Å². The average molecular weight is 377 g/mol. The van der Waals surface area contributed by atoms with Crippen LogP contribution in [0.5, 0.6) is 0 Å². The number of carboxylic acids is 1. The summed E-state index contributed by atoms with van der Waals surface area (Å²) in [6, 6.07) is 14.9. The molecule has 0 saturated carbocycles. The van der Waals surface area contributed by atoms with Crippen molar-refractivity contribution in [3.8, 4) is 0 Å². The van der Waals surface area contributed by atoms with Crippen LogP contribution >= 0.6 is 0 Å². The second-order valence-corrected chi connectivity index (χ2v) is 7.17. The minimum atomic E-state index is -4.36. The van der Waals surface area contributed by atoms with Gasteiger partial charge in [0.25, 0.3) is 0 Å². The van der Waals surface area contributed by atoms with Crippen LogP contribution < -0.4 is 0 Å². The minimum Gasteiger partial charge on any atom is -0.481 e. The van der Waals surface area contributed by atoms with Crippen LogP contribution in [0.4, 0.5) is 13.2 Å². The Bertz CT molecular complexity index is 774. The molecule has 0 aromatic heterocycles. The lowest BCUT2D eigenvalue weighted by Crippen LogP contribution is -2.26. The fraction of sp³-hybridized carbons (Fsp3) is 0.381. The fourth-order valence-corrected chi connectivity index (χ4v) is 3.74. The van der Waals surface area contributed by atoms with E-state index in [4.69, 9.17) is 0 Å². The van der Waals surface area contributed by atoms with Crippen molar-refractivity contribution < 1.29 is 23.1 Å². The summed E-state index contributed by atoms with van der Waals surface area (Å²) in [4.78, 5) is 13.6. The van der Waals surface area contributed by atoms with Gasteiger partial charge in [-0.25, -0.2) is 0 Å². The Morgan fingerprint density at radius 3 is 2.33 bits per heavy atom. The summed E-state index contributed by atoms with van der Waals surface area (Å²) >= 11 is 0. The number of hydrogen-bond acceptors (Lipinski definition) is 2. The SMILES string of the molecule is CC(C(=O)O)[C@@H]1C[C@H](c2ccc(C(F)(F)F)cc2)N(Cc2ccccc2)C1. The molecule has 1 heterocycles. The third-order valence-electron chi connectivity index (χ3n) is 5.38. The lowest BCUT2D eigenvalue weighted by Gasteiger charge is -2.25. The number of carboxylic acid groups (broad SMARTS) is 1. The van der Waals surface area contributed by atoms with Gasteiger partial charge in [0.2, 0.25) is 0 Å². The zero-order valence-electron chi connectivity index (χ0n) is 15.0. The predicted molar refractivity (Wildman–Crippen MR) is 95.9 cm³/mol. The molecular formula is C21H22F3NO2. The van der Waals surface area contributed by atoms with E-state index < -0.39 is 23.6 Å². The molecule has 1 fully saturated rings. The van der Waals surface area contributed by atoms with Crippen molar-refractivity contribution in [1.29, 1.82) is 0 Å². The van der Waals surface area contributed by atoms with Crippen molar-refractivity contribution in [3.63, 3.8) is 0 Å². The van der Waals surface area contributed by atoms with Crippen molar-refractivity contribution in [3.05, 3.63) is 71.3 Å². The lowest BCUT2D eigenvalue weighted by molar-refractivity contribution is -0.142. The highest BCUT2D eigenvalue weighted by Crippen LogP contribution is 2.40. The van der Waals surface area contributed by atoms with Gasteiger partial charge in [0.1, 0.15) is 0 Å². The number of nitrogens with zero attached hydrogens (tertiary/aromatic N) is 1. The van der Waals surface area contributed by atoms with Crippen molar-refractivity contribution in [2.45, 2.75) is 32.1 Å². The Labute approximate surface area is 156 Å². The number of alkyl halides is 3. The van der Waals surface area contributed by atoms with Crippen molar-refractivity contribution in [2.75, 3.05) is 6.54 Å². The van der Waals surface area contributed by atoms with Gasteiger partial charge in [-0.2, -0.15) is 13.2 Å². The zero-order chi connectivity index (χ0) is 19.6. The smallest absolute Gasteiger partial charge is 0.416 e. The van der Waals surface area contributed by atoms with Crippen molar-refractivity contribution >= 4 is 5.97 Å². The predicted octanol–water partition coefficient (Wildman–Crippen LogP) is 4.99. The number of likely N-dealkylation sites (tertiary alicyclic amines) is 1. The number of benzene rings is 2. The monoisotopic (exact) mass is 377 g/mol. The second kappa shape index (κ2) is 7.72. The molecule has 1 N–H and O–H groups in total. The van der Waals surface area contributed by atoms with Crippen LogP contribution in [0.25, 0.3) is 0 Å². The van der Waals surface area contributed by atoms with Crippen LogP contribution in [0.15, 0.2) is 54.6 Å². The average Bonchev–Trinajstić information content (AvgIpc) is 3.05. The van der Waals surface area contributed by atoms with Crippen LogP contribution in [0.2, 0.25) is 0 Å². The Morgan fingerprint density at radius 2 is 1.78 bits per heavy atom. The highest BCUT2D eigenvalue weighted by atomic mass is 19.4. The van der Waals surface area contributed by atoms with Crippen LogP contribution in [-0.2, 0) is 17.5 Å². The molecule has 6 heteroatoms. The van der Waals surface area contributed by atoms with E-state index in [0.717, 1.165) is 23.3 Å². The third-order valence-corrected chi connectivity index (χ3v) is 5.38. The molecule has 27 heavy (non-hydrogen) atoms. The van der Waals surface area contributed by atoms with Gasteiger partial charge in [0, 0.05) is 19.1 Å². The summed E-state index contributed by atoms with van der Waals surface area (Å²) in [6.07, 6.45) is -3.75. The Balaban J connectivity index is 1.85. The van der Waals surface area contributed by atoms with Crippen LogP contribution in [0.3, 0.4) is 0 Å². The van der Waals surface area contributed by atoms with E-state index in [0.29, 0.717) is 19.5 Å². The zero-order valence-corrected chi connectivity index (χ0v) is 15.0. The van der Waals surface area contributed by atoms with Crippen molar-refractivity contribution in [1.82, 2.24) is 4.90 Å². The molecule has 0 amide bonds. The van der Waals surface area contributed by atoms with Gasteiger partial charge in [-0.15, -0.1) is 0 Å². The maximum absolute atomic E-state index is 12.8. The van der Waals surface area contributed by atoms with E-state index >= 15 is 0 Å². The van der Waals surface area contributed by atoms with Gasteiger partial charge in [0.05, 0.1) is 11.5 Å². The summed E-state index contributed by atoms with van der Waals surface area (Å²) in [6.45, 7) is 2.94. The molecule has 0 aliphatic carbocycles. The minimum absolute atomic E-state index is 0.0431. The highest BCUT2D eigenvalue weighted by molar-refractivity contribution is 5.70. The van der Waals surface area contributed by atoms with Gasteiger partial charge < -0.3 is 5.11 Å². The number of hydrogen-bond donors (Lipinski definition) is 1. The first-order chi connectivity index (χ1) is 12.8. The van der Waals surface area contributed by atoms with Crippen molar-refractivity contribution in [2.24, 2.45) is 11.8 Å². The van der Waals surface area contributed by atoms with E-state index in [-0.39, 0.29) is 12.0 Å². The summed E-state index contributed by atoms with van der Waals surface area (Å²) in [7, 11) is 0. The molecule has 3 rings (SSSR count). The second-order valence-electron chi connectivity index (χ2n) is 7.17. The standard InChI is InChI=1S/C21H22F3NO2/c1-14(20(26)27)17-11-19(16-7-9-18(10-8-16)21(22,23)24)25(13-17)12-15-5-3-2-4-6-15/h2-10,14,17,19H,11-13H2,1H3,(H,26,27)/t14?,17-,19-/m1/s1. The topological polar surface area (TPSA) is 40.5 Å². The Kier molecular flexibility index (Phi) is 5.56. The summed E-state index contributed by atoms with van der Waals surface area (Å²) in [5.41, 5.74) is 1.21. The molecule has 3 nitrogen and oxygen atoms in total. The fourth-order valence-electron chi connectivity index (χ4n) is 3.74. The van der Waals surface area contributed by atoms with Crippen LogP contribution in [0.1, 0.15) is 36.1 Å². The molecule has 0 bridgehead atoms. The maximum Gasteiger partial charge on any atom is 0.416 e. The normalized spacial score (nSPS) is 21.9. The molecule has 1 saturated heterocycles. The van der Waals surface area contributed by atoms with E-state index in [9.17, 15) is 23.1 Å². The number of carbonyl (C=O) groups is 1. The summed E-state index contributed by atoms with van der Waals surface area (Å²) < 4.78 is 38.5. The first-order valence-corrected chi connectivity index (χ1v) is 8.93. The van der Waals surface area contributed by atoms with Gasteiger partial charge in [-0.05, 0) is 35.6 Å². The summed E-state index contributed by atoms with van der Waals surface area (Å²) in [5, 5.41) is 9.36. The third kappa shape index (κ3) is 4.50. The first-order valence-electron chi connectivity index (χ1n) is 8.93. The van der Waals surface area contributed by atoms with Gasteiger partial charge in [-0.1, -0.05) is 49.4 Å². The van der Waals surface area contributed by atoms with Gasteiger partial charge >= 0.3 is 12.1 Å². The lowest BCUT2D eigenvalue weighted by atomic mass is 9.90. The number of aliphatic carboxylic acids is 1. The van der Waals surface area contributed by atoms with E-state index in [2.05, 4.69) is 4.90 Å². The number of rotatable bonds is 5. The maximum atomic E-state index is 12.8. The van der Waals surface area contributed by atoms with E-state index in [1.165, 1.54) is 12.1 Å². The Hall–Kier alpha value is -2.34. The van der Waals surface area contributed by atoms with Gasteiger partial charge in [-0.3, -0.25) is 9.69 Å².